The lowest BCUT2D eigenvalue weighted by Gasteiger charge is -2.31. The molecule has 0 amide bonds. The van der Waals surface area contributed by atoms with Crippen LogP contribution in [0.4, 0.5) is 0 Å². The molecule has 3 nitrogen and oxygen atoms in total. The van der Waals surface area contributed by atoms with Crippen molar-refractivity contribution in [3.63, 3.8) is 0 Å². The fourth-order valence-corrected chi connectivity index (χ4v) is 3.10. The third-order valence-corrected chi connectivity index (χ3v) is 4.34. The summed E-state index contributed by atoms with van der Waals surface area (Å²) < 4.78 is 0. The van der Waals surface area contributed by atoms with E-state index < -0.39 is 0 Å². The summed E-state index contributed by atoms with van der Waals surface area (Å²) in [7, 11) is 0. The van der Waals surface area contributed by atoms with E-state index in [-0.39, 0.29) is 5.57 Å². The van der Waals surface area contributed by atoms with Gasteiger partial charge in [-0.25, -0.2) is 0 Å². The maximum Gasteiger partial charge on any atom is 0.129 e. The Morgan fingerprint density at radius 2 is 1.71 bits per heavy atom. The van der Waals surface area contributed by atoms with Crippen LogP contribution in [0.5, 0.6) is 0 Å². The van der Waals surface area contributed by atoms with E-state index in [9.17, 15) is 0 Å². The van der Waals surface area contributed by atoms with E-state index in [1.807, 2.05) is 54.2 Å². The second kappa shape index (κ2) is 7.78. The number of hydrogen-bond donors (Lipinski definition) is 0. The normalized spacial score (nSPS) is 15.0. The van der Waals surface area contributed by atoms with Crippen LogP contribution < -0.4 is 0 Å². The van der Waals surface area contributed by atoms with Crippen LogP contribution in [-0.2, 0) is 0 Å². The molecule has 0 N–H and O–H groups in total. The van der Waals surface area contributed by atoms with Crippen LogP contribution in [0.15, 0.2) is 42.0 Å². The van der Waals surface area contributed by atoms with Crippen LogP contribution in [0.1, 0.15) is 5.56 Å². The highest BCUT2D eigenvalue weighted by atomic mass is 35.5. The van der Waals surface area contributed by atoms with Crippen LogP contribution in [0, 0.1) is 22.7 Å². The van der Waals surface area contributed by atoms with Crippen molar-refractivity contribution in [1.29, 1.82) is 10.5 Å². The van der Waals surface area contributed by atoms with Gasteiger partial charge >= 0.3 is 0 Å². The second-order valence-corrected chi connectivity index (χ2v) is 6.12. The van der Waals surface area contributed by atoms with E-state index in [1.165, 1.54) is 0 Å². The van der Waals surface area contributed by atoms with Crippen molar-refractivity contribution in [2.75, 3.05) is 24.6 Å². The number of halogens is 1. The average molecular weight is 316 g/mol. The fourth-order valence-electron chi connectivity index (χ4n) is 2.07. The first kappa shape index (κ1) is 15.5. The number of hydrogen-bond acceptors (Lipinski definition) is 4. The van der Waals surface area contributed by atoms with E-state index in [4.69, 9.17) is 22.1 Å². The summed E-state index contributed by atoms with van der Waals surface area (Å²) in [6.07, 6.45) is 3.42. The lowest BCUT2D eigenvalue weighted by Crippen LogP contribution is -2.31. The Morgan fingerprint density at radius 1 is 1.10 bits per heavy atom. The van der Waals surface area contributed by atoms with Crippen molar-refractivity contribution in [1.82, 2.24) is 4.90 Å². The number of allylic oxidation sites excluding steroid dienone is 3. The zero-order valence-corrected chi connectivity index (χ0v) is 13.0. The quantitative estimate of drug-likeness (QED) is 0.630. The molecule has 1 aromatic carbocycles. The van der Waals surface area contributed by atoms with E-state index in [0.29, 0.717) is 5.02 Å². The molecule has 0 aliphatic carbocycles. The first-order valence-corrected chi connectivity index (χ1v) is 8.08. The molecule has 0 spiro atoms. The first-order valence-electron chi connectivity index (χ1n) is 6.55. The van der Waals surface area contributed by atoms with Crippen LogP contribution >= 0.6 is 23.4 Å². The molecule has 0 unspecified atom stereocenters. The molecule has 106 valence electrons. The summed E-state index contributed by atoms with van der Waals surface area (Å²) in [5, 5.41) is 18.4. The van der Waals surface area contributed by atoms with Gasteiger partial charge in [-0.15, -0.1) is 0 Å². The Labute approximate surface area is 134 Å². The summed E-state index contributed by atoms with van der Waals surface area (Å²) in [4.78, 5) is 2.28. The van der Waals surface area contributed by atoms with Gasteiger partial charge in [-0.05, 0) is 29.8 Å². The van der Waals surface area contributed by atoms with Crippen LogP contribution in [0.3, 0.4) is 0 Å². The third-order valence-electron chi connectivity index (χ3n) is 3.14. The molecule has 5 heteroatoms. The molecule has 1 heterocycles. The molecule has 2 rings (SSSR count). The molecular formula is C16H14ClN3S. The SMILES string of the molecule is N#CC(C#N)=C/C=C(/c1ccc(Cl)cc1)N1CCSCC1. The highest BCUT2D eigenvalue weighted by Gasteiger charge is 2.14. The summed E-state index contributed by atoms with van der Waals surface area (Å²) in [6, 6.07) is 11.4. The van der Waals surface area contributed by atoms with E-state index in [0.717, 1.165) is 35.9 Å². The number of thioether (sulfide) groups is 1. The molecule has 0 atom stereocenters. The Morgan fingerprint density at radius 3 is 2.29 bits per heavy atom. The van der Waals surface area contributed by atoms with Gasteiger partial charge in [0.25, 0.3) is 0 Å². The smallest absolute Gasteiger partial charge is 0.129 e. The number of benzene rings is 1. The van der Waals surface area contributed by atoms with Crippen LogP contribution in [0.2, 0.25) is 5.02 Å². The molecule has 1 saturated heterocycles. The number of rotatable bonds is 3. The van der Waals surface area contributed by atoms with Gasteiger partial charge in [0.05, 0.1) is 0 Å². The molecule has 1 aliphatic heterocycles. The maximum absolute atomic E-state index is 8.85. The van der Waals surface area contributed by atoms with Gasteiger partial charge in [-0.3, -0.25) is 0 Å². The number of nitrogens with zero attached hydrogens (tertiary/aromatic N) is 3. The van der Waals surface area contributed by atoms with Crippen LogP contribution in [0.25, 0.3) is 5.70 Å². The summed E-state index contributed by atoms with van der Waals surface area (Å²) in [6.45, 7) is 1.92. The van der Waals surface area contributed by atoms with Gasteiger partial charge in [-0.1, -0.05) is 23.7 Å². The molecule has 1 aliphatic rings. The monoisotopic (exact) mass is 315 g/mol. The lowest BCUT2D eigenvalue weighted by atomic mass is 10.1. The third kappa shape index (κ3) is 4.29. The summed E-state index contributed by atoms with van der Waals surface area (Å²) >= 11 is 7.88. The van der Waals surface area contributed by atoms with Gasteiger partial charge in [0.15, 0.2) is 0 Å². The minimum Gasteiger partial charge on any atom is -0.369 e. The van der Waals surface area contributed by atoms with E-state index in [2.05, 4.69) is 4.90 Å². The van der Waals surface area contributed by atoms with Crippen molar-refractivity contribution in [3.8, 4) is 12.1 Å². The Hall–Kier alpha value is -1.88. The van der Waals surface area contributed by atoms with Gasteiger partial charge < -0.3 is 4.90 Å². The molecule has 0 radical (unpaired) electrons. The largest absolute Gasteiger partial charge is 0.369 e. The Bertz CT molecular complexity index is 613. The van der Waals surface area contributed by atoms with Gasteiger partial charge in [-0.2, -0.15) is 22.3 Å². The number of nitriles is 2. The highest BCUT2D eigenvalue weighted by Crippen LogP contribution is 2.24. The predicted molar refractivity (Wildman–Crippen MR) is 87.6 cm³/mol. The average Bonchev–Trinajstić information content (AvgIpc) is 2.54. The standard InChI is InChI=1S/C16H14ClN3S/c17-15-4-2-14(3-5-15)16(6-1-13(11-18)12-19)20-7-9-21-10-8-20/h1-6H,7-10H2/b16-6-. The predicted octanol–water partition coefficient (Wildman–Crippen LogP) is 3.70. The topological polar surface area (TPSA) is 50.8 Å². The van der Waals surface area contributed by atoms with E-state index >= 15 is 0 Å². The van der Waals surface area contributed by atoms with Crippen molar-refractivity contribution in [2.45, 2.75) is 0 Å². The van der Waals surface area contributed by atoms with Crippen molar-refractivity contribution in [3.05, 3.63) is 52.6 Å². The minimum atomic E-state index is 0.104. The molecule has 1 fully saturated rings. The molecule has 0 saturated carbocycles. The zero-order chi connectivity index (χ0) is 15.1. The maximum atomic E-state index is 8.85. The van der Waals surface area contributed by atoms with E-state index in [1.54, 1.807) is 6.08 Å². The van der Waals surface area contributed by atoms with Gasteiger partial charge in [0.2, 0.25) is 0 Å². The Kier molecular flexibility index (Phi) is 5.75. The molecular weight excluding hydrogens is 302 g/mol. The summed E-state index contributed by atoms with van der Waals surface area (Å²) in [5.74, 6) is 2.16. The molecule has 21 heavy (non-hydrogen) atoms. The minimum absolute atomic E-state index is 0.104. The van der Waals surface area contributed by atoms with Crippen molar-refractivity contribution < 1.29 is 0 Å². The molecule has 0 aromatic heterocycles. The van der Waals surface area contributed by atoms with Crippen molar-refractivity contribution in [2.24, 2.45) is 0 Å². The van der Waals surface area contributed by atoms with Crippen molar-refractivity contribution >= 4 is 29.1 Å². The molecule has 1 aromatic rings. The first-order chi connectivity index (χ1) is 10.2. The zero-order valence-electron chi connectivity index (χ0n) is 11.4. The Balaban J connectivity index is 2.37. The van der Waals surface area contributed by atoms with Crippen LogP contribution in [-0.4, -0.2) is 29.5 Å². The second-order valence-electron chi connectivity index (χ2n) is 4.46. The molecule has 0 bridgehead atoms. The van der Waals surface area contributed by atoms with Gasteiger partial charge in [0, 0.05) is 35.3 Å². The lowest BCUT2D eigenvalue weighted by molar-refractivity contribution is 0.439. The van der Waals surface area contributed by atoms with Gasteiger partial charge in [0.1, 0.15) is 17.7 Å². The fraction of sp³-hybridized carbons (Fsp3) is 0.250. The summed E-state index contributed by atoms with van der Waals surface area (Å²) in [5.41, 5.74) is 2.17. The highest BCUT2D eigenvalue weighted by molar-refractivity contribution is 7.99.